The van der Waals surface area contributed by atoms with Gasteiger partial charge in [-0.05, 0) is 44.9 Å². The predicted octanol–water partition coefficient (Wildman–Crippen LogP) is 4.29. The number of fused-ring (bicyclic) bond motifs is 1. The molecule has 1 aromatic rings. The number of nitrogens with one attached hydrogen (secondary N) is 1. The number of hydrogen-bond donors (Lipinski definition) is 1. The van der Waals surface area contributed by atoms with Gasteiger partial charge in [0.2, 0.25) is 0 Å². The first kappa shape index (κ1) is 15.3. The van der Waals surface area contributed by atoms with Crippen LogP contribution in [0.1, 0.15) is 44.4 Å². The van der Waals surface area contributed by atoms with E-state index in [1.807, 2.05) is 0 Å². The lowest BCUT2D eigenvalue weighted by Crippen LogP contribution is -2.58. The largest absolute Gasteiger partial charge is 0.498 e. The number of ether oxygens (including phenoxy) is 1. The Morgan fingerprint density at radius 1 is 1.20 bits per heavy atom. The van der Waals surface area contributed by atoms with E-state index in [0.717, 1.165) is 12.4 Å². The van der Waals surface area contributed by atoms with Crippen LogP contribution in [0.3, 0.4) is 0 Å². The highest BCUT2D eigenvalue weighted by Crippen LogP contribution is 2.42. The van der Waals surface area contributed by atoms with Gasteiger partial charge in [0.15, 0.2) is 0 Å². The molecule has 1 N–H and O–H groups in total. The second-order valence-electron chi connectivity index (χ2n) is 7.14. The fraction of sp³-hybridized carbons (Fsp3) is 0.529. The lowest BCUT2D eigenvalue weighted by molar-refractivity contribution is 0.223. The fourth-order valence-electron chi connectivity index (χ4n) is 3.37. The first-order valence-corrected chi connectivity index (χ1v) is 10.5. The van der Waals surface area contributed by atoms with Crippen molar-refractivity contribution in [3.8, 4) is 0 Å². The molecule has 1 aliphatic carbocycles. The van der Waals surface area contributed by atoms with Crippen molar-refractivity contribution >= 4 is 14.3 Å². The minimum absolute atomic E-state index is 0.130. The van der Waals surface area contributed by atoms with Crippen molar-refractivity contribution in [1.82, 2.24) is 4.98 Å². The van der Waals surface area contributed by atoms with E-state index in [9.17, 15) is 0 Å². The maximum atomic E-state index is 5.95. The van der Waals surface area contributed by atoms with Gasteiger partial charge in [-0.3, -0.25) is 0 Å². The van der Waals surface area contributed by atoms with Crippen molar-refractivity contribution in [2.75, 3.05) is 6.61 Å². The topological polar surface area (TPSA) is 21.3 Å². The van der Waals surface area contributed by atoms with Crippen molar-refractivity contribution in [3.05, 3.63) is 41.2 Å². The third-order valence-electron chi connectivity index (χ3n) is 3.62. The van der Waals surface area contributed by atoms with Gasteiger partial charge >= 0.3 is 0 Å². The van der Waals surface area contributed by atoms with Crippen LogP contribution < -0.4 is 4.98 Å². The van der Waals surface area contributed by atoms with Gasteiger partial charge in [0.05, 0.1) is 12.1 Å². The zero-order valence-electron chi connectivity index (χ0n) is 13.6. The van der Waals surface area contributed by atoms with E-state index < -0.39 is 8.24 Å². The molecule has 1 aromatic carbocycles. The normalized spacial score (nSPS) is 18.7. The van der Waals surface area contributed by atoms with Gasteiger partial charge in [0.25, 0.3) is 0 Å². The summed E-state index contributed by atoms with van der Waals surface area (Å²) in [6.07, 6.45) is 2.22. The van der Waals surface area contributed by atoms with Crippen molar-refractivity contribution in [2.24, 2.45) is 0 Å². The lowest BCUT2D eigenvalue weighted by atomic mass is 10.1. The van der Waals surface area contributed by atoms with Gasteiger partial charge in [-0.25, -0.2) is 0 Å². The van der Waals surface area contributed by atoms with E-state index in [1.165, 1.54) is 11.1 Å². The Kier molecular flexibility index (Phi) is 4.12. The quantitative estimate of drug-likeness (QED) is 0.835. The van der Waals surface area contributed by atoms with Crippen LogP contribution >= 0.6 is 0 Å². The Morgan fingerprint density at radius 3 is 2.45 bits per heavy atom. The summed E-state index contributed by atoms with van der Waals surface area (Å²) in [4.78, 5) is 3.88. The van der Waals surface area contributed by atoms with Crippen LogP contribution in [0.4, 0.5) is 0 Å². The van der Waals surface area contributed by atoms with E-state index in [1.54, 1.807) is 0 Å². The highest BCUT2D eigenvalue weighted by atomic mass is 28.3. The molecule has 1 unspecified atom stereocenters. The molecule has 0 aromatic heterocycles. The lowest BCUT2D eigenvalue weighted by Gasteiger charge is -2.38. The molecule has 2 rings (SSSR count). The second kappa shape index (κ2) is 5.38. The van der Waals surface area contributed by atoms with Crippen molar-refractivity contribution in [1.29, 1.82) is 0 Å². The molecule has 20 heavy (non-hydrogen) atoms. The number of allylic oxidation sites excluding steroid dienone is 1. The van der Waals surface area contributed by atoms with Gasteiger partial charge in [-0.15, -0.1) is 0 Å². The maximum Gasteiger partial charge on any atom is 0.135 e. The molecule has 0 amide bonds. The van der Waals surface area contributed by atoms with E-state index in [-0.39, 0.29) is 5.54 Å². The summed E-state index contributed by atoms with van der Waals surface area (Å²) in [7, 11) is -1.70. The van der Waals surface area contributed by atoms with Crippen molar-refractivity contribution in [2.45, 2.75) is 51.9 Å². The van der Waals surface area contributed by atoms with Gasteiger partial charge in [0.1, 0.15) is 14.0 Å². The highest BCUT2D eigenvalue weighted by Gasteiger charge is 2.42. The Balaban J connectivity index is 2.39. The van der Waals surface area contributed by atoms with Gasteiger partial charge < -0.3 is 9.72 Å². The molecule has 0 spiro atoms. The average molecular weight is 289 g/mol. The first-order chi connectivity index (χ1) is 9.24. The van der Waals surface area contributed by atoms with Crippen LogP contribution in [-0.4, -0.2) is 20.4 Å². The van der Waals surface area contributed by atoms with E-state index in [2.05, 4.69) is 76.1 Å². The molecule has 110 valence electrons. The molecule has 0 aliphatic heterocycles. The molecule has 3 heteroatoms. The van der Waals surface area contributed by atoms with Crippen LogP contribution in [0.15, 0.2) is 30.0 Å². The first-order valence-electron chi connectivity index (χ1n) is 7.47. The Hall–Kier alpha value is -1.06. The third-order valence-corrected chi connectivity index (χ3v) is 7.05. The summed E-state index contributed by atoms with van der Waals surface area (Å²) in [5.41, 5.74) is 3.27. The number of rotatable bonds is 4. The molecule has 0 saturated carbocycles. The zero-order chi connectivity index (χ0) is 15.0. The van der Waals surface area contributed by atoms with Crippen LogP contribution in [0.25, 0.3) is 6.08 Å². The van der Waals surface area contributed by atoms with E-state index in [4.69, 9.17) is 4.74 Å². The van der Waals surface area contributed by atoms with Crippen LogP contribution in [0.2, 0.25) is 13.1 Å². The van der Waals surface area contributed by atoms with E-state index >= 15 is 0 Å². The molecule has 1 atom stereocenters. The Morgan fingerprint density at radius 2 is 1.85 bits per heavy atom. The van der Waals surface area contributed by atoms with Crippen LogP contribution in [-0.2, 0) is 4.74 Å². The minimum atomic E-state index is -1.70. The summed E-state index contributed by atoms with van der Waals surface area (Å²) in [6, 6.07) is 8.68. The summed E-state index contributed by atoms with van der Waals surface area (Å²) < 4.78 is 5.95. The third kappa shape index (κ3) is 3.15. The van der Waals surface area contributed by atoms with E-state index in [0.29, 0.717) is 5.54 Å². The summed E-state index contributed by atoms with van der Waals surface area (Å²) >= 11 is 0. The molecular formula is C17H27NOSi. The van der Waals surface area contributed by atoms with Gasteiger partial charge in [-0.1, -0.05) is 37.4 Å². The van der Waals surface area contributed by atoms with Crippen molar-refractivity contribution < 1.29 is 4.74 Å². The molecule has 0 saturated heterocycles. The number of hydrogen-bond acceptors (Lipinski definition) is 2. The second-order valence-corrected chi connectivity index (χ2v) is 11.4. The van der Waals surface area contributed by atoms with Crippen molar-refractivity contribution in [3.63, 3.8) is 0 Å². The zero-order valence-corrected chi connectivity index (χ0v) is 14.6. The molecule has 0 radical (unpaired) electrons. The summed E-state index contributed by atoms with van der Waals surface area (Å²) in [5.74, 6) is 1.14. The molecule has 0 bridgehead atoms. The highest BCUT2D eigenvalue weighted by molar-refractivity contribution is 6.77. The number of benzene rings is 1. The SMILES string of the molecule is CCOC1=Cc2ccccc2C1[Si](C)(C)NC(C)(C)C. The minimum Gasteiger partial charge on any atom is -0.498 e. The standard InChI is InChI=1S/C17H27NOSi/c1-7-19-15-12-13-10-8-9-11-14(13)16(15)20(5,6)18-17(2,3)4/h8-12,16,18H,7H2,1-6H3. The Bertz CT molecular complexity index is 514. The molecular weight excluding hydrogens is 262 g/mol. The molecule has 2 nitrogen and oxygen atoms in total. The van der Waals surface area contributed by atoms with Crippen LogP contribution in [0.5, 0.6) is 0 Å². The van der Waals surface area contributed by atoms with Gasteiger partial charge in [0, 0.05) is 5.54 Å². The van der Waals surface area contributed by atoms with Crippen LogP contribution in [0, 0.1) is 0 Å². The summed E-state index contributed by atoms with van der Waals surface area (Å²) in [5, 5.41) is 0. The van der Waals surface area contributed by atoms with Gasteiger partial charge in [-0.2, -0.15) is 0 Å². The average Bonchev–Trinajstić information content (AvgIpc) is 2.64. The smallest absolute Gasteiger partial charge is 0.135 e. The molecule has 1 aliphatic rings. The fourth-order valence-corrected chi connectivity index (χ4v) is 7.37. The monoisotopic (exact) mass is 289 g/mol. The molecule has 0 heterocycles. The molecule has 0 fully saturated rings. The maximum absolute atomic E-state index is 5.95. The Labute approximate surface area is 124 Å². The summed E-state index contributed by atoms with van der Waals surface area (Å²) in [6.45, 7) is 14.3. The predicted molar refractivity (Wildman–Crippen MR) is 89.2 cm³/mol.